The van der Waals surface area contributed by atoms with Gasteiger partial charge in [-0.1, -0.05) is 19.1 Å². The van der Waals surface area contributed by atoms with Crippen molar-refractivity contribution in [2.75, 3.05) is 11.9 Å². The number of thiocarbonyl (C=S) groups is 1. The first kappa shape index (κ1) is 19.7. The monoisotopic (exact) mass is 372 g/mol. The highest BCUT2D eigenvalue weighted by Gasteiger charge is 2.10. The Kier molecular flexibility index (Phi) is 7.41. The number of ether oxygens (including phenoxy) is 2. The van der Waals surface area contributed by atoms with Crippen molar-refractivity contribution in [3.8, 4) is 11.5 Å². The van der Waals surface area contributed by atoms with Crippen molar-refractivity contribution in [3.63, 3.8) is 0 Å². The van der Waals surface area contributed by atoms with Crippen molar-refractivity contribution >= 4 is 28.9 Å². The van der Waals surface area contributed by atoms with Gasteiger partial charge in [-0.15, -0.1) is 0 Å². The van der Waals surface area contributed by atoms with E-state index in [0.29, 0.717) is 17.9 Å². The molecule has 0 heterocycles. The van der Waals surface area contributed by atoms with Crippen LogP contribution in [0.25, 0.3) is 0 Å². The van der Waals surface area contributed by atoms with E-state index in [1.54, 1.807) is 18.2 Å². The Morgan fingerprint density at radius 3 is 2.58 bits per heavy atom. The van der Waals surface area contributed by atoms with Gasteiger partial charge in [0.1, 0.15) is 11.5 Å². The first-order valence-electron chi connectivity index (χ1n) is 8.63. The number of nitrogens with one attached hydrogen (secondary N) is 2. The van der Waals surface area contributed by atoms with Crippen LogP contribution in [0, 0.1) is 0 Å². The predicted octanol–water partition coefficient (Wildman–Crippen LogP) is 4.39. The van der Waals surface area contributed by atoms with Gasteiger partial charge in [-0.3, -0.25) is 10.1 Å². The molecular formula is C20H24N2O3S. The van der Waals surface area contributed by atoms with Crippen LogP contribution < -0.4 is 20.1 Å². The molecule has 1 unspecified atom stereocenters. The van der Waals surface area contributed by atoms with Crippen LogP contribution in [0.3, 0.4) is 0 Å². The Balaban J connectivity index is 1.97. The summed E-state index contributed by atoms with van der Waals surface area (Å²) in [5.74, 6) is 1.11. The fourth-order valence-electron chi connectivity index (χ4n) is 2.19. The predicted molar refractivity (Wildman–Crippen MR) is 108 cm³/mol. The summed E-state index contributed by atoms with van der Waals surface area (Å²) in [5.41, 5.74) is 1.23. The van der Waals surface area contributed by atoms with Gasteiger partial charge in [0, 0.05) is 17.3 Å². The highest BCUT2D eigenvalue weighted by Crippen LogP contribution is 2.18. The minimum Gasteiger partial charge on any atom is -0.494 e. The fourth-order valence-corrected chi connectivity index (χ4v) is 2.40. The molecule has 0 aliphatic carbocycles. The van der Waals surface area contributed by atoms with Gasteiger partial charge in [-0.05, 0) is 62.8 Å². The molecule has 6 heteroatoms. The molecule has 0 bridgehead atoms. The third kappa shape index (κ3) is 6.04. The molecule has 0 fully saturated rings. The van der Waals surface area contributed by atoms with E-state index in [-0.39, 0.29) is 17.1 Å². The van der Waals surface area contributed by atoms with Crippen molar-refractivity contribution in [2.45, 2.75) is 33.3 Å². The number of hydrogen-bond acceptors (Lipinski definition) is 4. The molecule has 138 valence electrons. The lowest BCUT2D eigenvalue weighted by Gasteiger charge is -2.14. The molecule has 0 aliphatic heterocycles. The summed E-state index contributed by atoms with van der Waals surface area (Å²) in [6.45, 7) is 6.54. The summed E-state index contributed by atoms with van der Waals surface area (Å²) in [6.07, 6.45) is 0.985. The second-order valence-corrected chi connectivity index (χ2v) is 6.14. The van der Waals surface area contributed by atoms with Crippen LogP contribution in [-0.2, 0) is 0 Å². The summed E-state index contributed by atoms with van der Waals surface area (Å²) in [7, 11) is 0. The summed E-state index contributed by atoms with van der Waals surface area (Å²) < 4.78 is 11.2. The number of rotatable bonds is 7. The Morgan fingerprint density at radius 2 is 1.85 bits per heavy atom. The summed E-state index contributed by atoms with van der Waals surface area (Å²) in [4.78, 5) is 12.4. The van der Waals surface area contributed by atoms with Crippen molar-refractivity contribution < 1.29 is 14.3 Å². The topological polar surface area (TPSA) is 59.6 Å². The van der Waals surface area contributed by atoms with Gasteiger partial charge < -0.3 is 14.8 Å². The number of amides is 1. The number of hydrogen-bond donors (Lipinski definition) is 2. The zero-order chi connectivity index (χ0) is 18.9. The molecule has 26 heavy (non-hydrogen) atoms. The lowest BCUT2D eigenvalue weighted by atomic mass is 10.2. The molecule has 5 nitrogen and oxygen atoms in total. The lowest BCUT2D eigenvalue weighted by Crippen LogP contribution is -2.34. The first-order valence-corrected chi connectivity index (χ1v) is 9.04. The van der Waals surface area contributed by atoms with Crippen LogP contribution in [0.1, 0.15) is 37.6 Å². The third-order valence-electron chi connectivity index (χ3n) is 3.64. The van der Waals surface area contributed by atoms with Gasteiger partial charge in [0.25, 0.3) is 5.91 Å². The van der Waals surface area contributed by atoms with Crippen molar-refractivity contribution in [1.82, 2.24) is 5.32 Å². The largest absolute Gasteiger partial charge is 0.494 e. The molecule has 2 aromatic carbocycles. The average molecular weight is 372 g/mol. The average Bonchev–Trinajstić information content (AvgIpc) is 2.62. The summed E-state index contributed by atoms with van der Waals surface area (Å²) in [6, 6.07) is 14.4. The molecule has 0 spiro atoms. The number of benzene rings is 2. The molecule has 0 saturated heterocycles. The van der Waals surface area contributed by atoms with Gasteiger partial charge >= 0.3 is 0 Å². The van der Waals surface area contributed by atoms with E-state index in [9.17, 15) is 4.79 Å². The molecular weight excluding hydrogens is 348 g/mol. The van der Waals surface area contributed by atoms with Crippen molar-refractivity contribution in [3.05, 3.63) is 54.1 Å². The van der Waals surface area contributed by atoms with E-state index in [2.05, 4.69) is 10.6 Å². The van der Waals surface area contributed by atoms with Gasteiger partial charge in [0.05, 0.1) is 12.7 Å². The highest BCUT2D eigenvalue weighted by molar-refractivity contribution is 7.80. The minimum absolute atomic E-state index is 0.0914. The van der Waals surface area contributed by atoms with Crippen LogP contribution in [-0.4, -0.2) is 23.7 Å². The minimum atomic E-state index is -0.293. The van der Waals surface area contributed by atoms with E-state index >= 15 is 0 Å². The van der Waals surface area contributed by atoms with Crippen LogP contribution in [0.4, 0.5) is 5.69 Å². The van der Waals surface area contributed by atoms with E-state index in [1.807, 2.05) is 51.1 Å². The second-order valence-electron chi connectivity index (χ2n) is 5.73. The Labute approximate surface area is 159 Å². The molecule has 0 saturated carbocycles. The number of carbonyl (C=O) groups excluding carboxylic acids is 1. The molecule has 1 atom stereocenters. The highest BCUT2D eigenvalue weighted by atomic mass is 32.1. The molecule has 0 radical (unpaired) electrons. The second kappa shape index (κ2) is 9.77. The van der Waals surface area contributed by atoms with E-state index in [4.69, 9.17) is 21.7 Å². The maximum absolute atomic E-state index is 12.4. The maximum atomic E-state index is 12.4. The number of anilines is 1. The fraction of sp³-hybridized carbons (Fsp3) is 0.300. The zero-order valence-corrected chi connectivity index (χ0v) is 16.1. The maximum Gasteiger partial charge on any atom is 0.257 e. The van der Waals surface area contributed by atoms with E-state index < -0.39 is 0 Å². The molecule has 2 aromatic rings. The molecule has 0 aromatic heterocycles. The normalized spacial score (nSPS) is 11.3. The SMILES string of the molecule is CCOc1cccc(NC(=S)NC(=O)c2cccc(OC(C)CC)c2)c1. The van der Waals surface area contributed by atoms with Gasteiger partial charge in [0.2, 0.25) is 0 Å². The molecule has 2 rings (SSSR count). The first-order chi connectivity index (χ1) is 12.5. The quantitative estimate of drug-likeness (QED) is 0.706. The van der Waals surface area contributed by atoms with Gasteiger partial charge in [-0.2, -0.15) is 0 Å². The summed E-state index contributed by atoms with van der Waals surface area (Å²) in [5, 5.41) is 5.88. The van der Waals surface area contributed by atoms with E-state index in [1.165, 1.54) is 0 Å². The van der Waals surface area contributed by atoms with Crippen LogP contribution in [0.15, 0.2) is 48.5 Å². The lowest BCUT2D eigenvalue weighted by molar-refractivity contribution is 0.0977. The smallest absolute Gasteiger partial charge is 0.257 e. The summed E-state index contributed by atoms with van der Waals surface area (Å²) >= 11 is 5.23. The van der Waals surface area contributed by atoms with Crippen molar-refractivity contribution in [2.24, 2.45) is 0 Å². The molecule has 0 aliphatic rings. The third-order valence-corrected chi connectivity index (χ3v) is 3.84. The molecule has 1 amide bonds. The van der Waals surface area contributed by atoms with Crippen LogP contribution >= 0.6 is 12.2 Å². The Hall–Kier alpha value is -2.60. The van der Waals surface area contributed by atoms with Crippen LogP contribution in [0.5, 0.6) is 11.5 Å². The number of carbonyl (C=O) groups is 1. The Bertz CT molecular complexity index is 764. The van der Waals surface area contributed by atoms with E-state index in [0.717, 1.165) is 17.9 Å². The van der Waals surface area contributed by atoms with Crippen molar-refractivity contribution in [1.29, 1.82) is 0 Å². The Morgan fingerprint density at radius 1 is 1.12 bits per heavy atom. The standard InChI is InChI=1S/C20H24N2O3S/c1-4-14(3)25-18-11-6-8-15(12-18)19(23)22-20(26)21-16-9-7-10-17(13-16)24-5-2/h6-14H,4-5H2,1-3H3,(H2,21,22,23,26). The molecule has 2 N–H and O–H groups in total. The van der Waals surface area contributed by atoms with Gasteiger partial charge in [0.15, 0.2) is 5.11 Å². The van der Waals surface area contributed by atoms with Gasteiger partial charge in [-0.25, -0.2) is 0 Å². The van der Waals surface area contributed by atoms with Crippen LogP contribution in [0.2, 0.25) is 0 Å². The zero-order valence-electron chi connectivity index (χ0n) is 15.2.